The summed E-state index contributed by atoms with van der Waals surface area (Å²) in [5.74, 6) is -0.0586. The van der Waals surface area contributed by atoms with Crippen molar-refractivity contribution in [1.29, 1.82) is 0 Å². The van der Waals surface area contributed by atoms with E-state index in [4.69, 9.17) is 10.5 Å². The highest BCUT2D eigenvalue weighted by molar-refractivity contribution is 5.79. The van der Waals surface area contributed by atoms with Crippen molar-refractivity contribution in [1.82, 2.24) is 10.2 Å². The summed E-state index contributed by atoms with van der Waals surface area (Å²) in [6.45, 7) is 4.21. The smallest absolute Gasteiger partial charge is 0.224 e. The number of rotatable bonds is 8. The second kappa shape index (κ2) is 10.2. The molecule has 1 heterocycles. The molecule has 1 aliphatic rings. The molecule has 1 fully saturated rings. The summed E-state index contributed by atoms with van der Waals surface area (Å²) in [5, 5.41) is 2.89. The number of nitrogens with one attached hydrogen (secondary N) is 1. The van der Waals surface area contributed by atoms with E-state index in [1.165, 1.54) is 6.92 Å². The highest BCUT2D eigenvalue weighted by Gasteiger charge is 2.26. The molecule has 1 unspecified atom stereocenters. The first kappa shape index (κ1) is 19.4. The molecule has 0 aromatic heterocycles. The normalized spacial score (nSPS) is 16.5. The minimum Gasteiger partial charge on any atom is -0.378 e. The lowest BCUT2D eigenvalue weighted by atomic mass is 10.0. The molecule has 138 valence electrons. The van der Waals surface area contributed by atoms with Crippen molar-refractivity contribution in [3.8, 4) is 0 Å². The van der Waals surface area contributed by atoms with Crippen molar-refractivity contribution in [3.05, 3.63) is 35.9 Å². The number of hydrogen-bond donors (Lipinski definition) is 2. The number of piperidine rings is 1. The van der Waals surface area contributed by atoms with Crippen LogP contribution in [0.2, 0.25) is 0 Å². The number of amides is 2. The second-order valence-electron chi connectivity index (χ2n) is 6.46. The first-order valence-electron chi connectivity index (χ1n) is 9.01. The van der Waals surface area contributed by atoms with Crippen LogP contribution in [0.3, 0.4) is 0 Å². The quantitative estimate of drug-likeness (QED) is 0.700. The van der Waals surface area contributed by atoms with E-state index in [-0.39, 0.29) is 30.4 Å². The van der Waals surface area contributed by atoms with E-state index in [2.05, 4.69) is 5.32 Å². The van der Waals surface area contributed by atoms with Crippen LogP contribution in [0.25, 0.3) is 0 Å². The predicted octanol–water partition coefficient (Wildman–Crippen LogP) is 1.61. The Labute approximate surface area is 149 Å². The number of likely N-dealkylation sites (tertiary alicyclic amines) is 1. The molecule has 1 saturated heterocycles. The van der Waals surface area contributed by atoms with Crippen LogP contribution in [0.5, 0.6) is 0 Å². The molecular formula is C19H29N3O3. The van der Waals surface area contributed by atoms with Crippen molar-refractivity contribution in [2.75, 3.05) is 26.2 Å². The van der Waals surface area contributed by atoms with Gasteiger partial charge in [0.15, 0.2) is 0 Å². The number of nitrogens with zero attached hydrogens (tertiary/aromatic N) is 1. The van der Waals surface area contributed by atoms with Crippen LogP contribution in [0.4, 0.5) is 0 Å². The summed E-state index contributed by atoms with van der Waals surface area (Å²) in [6.07, 6.45) is 3.08. The minimum absolute atomic E-state index is 0.0722. The Morgan fingerprint density at radius 2 is 1.96 bits per heavy atom. The number of benzene rings is 1. The van der Waals surface area contributed by atoms with Crippen LogP contribution in [0, 0.1) is 0 Å². The van der Waals surface area contributed by atoms with Gasteiger partial charge in [-0.1, -0.05) is 30.3 Å². The van der Waals surface area contributed by atoms with Crippen molar-refractivity contribution in [2.24, 2.45) is 5.73 Å². The Morgan fingerprint density at radius 3 is 2.56 bits per heavy atom. The first-order chi connectivity index (χ1) is 12.1. The molecule has 1 aromatic rings. The van der Waals surface area contributed by atoms with E-state index in [1.54, 1.807) is 0 Å². The largest absolute Gasteiger partial charge is 0.378 e. The Hall–Kier alpha value is -1.92. The first-order valence-corrected chi connectivity index (χ1v) is 9.01. The van der Waals surface area contributed by atoms with E-state index in [0.29, 0.717) is 26.2 Å². The molecule has 1 aliphatic heterocycles. The SMILES string of the molecule is CC(=O)NC(CC(=O)N1CCC(OCCCN)CC1)c1ccccc1. The van der Waals surface area contributed by atoms with E-state index in [0.717, 1.165) is 24.8 Å². The molecule has 2 amide bonds. The Balaban J connectivity index is 1.86. The van der Waals surface area contributed by atoms with Crippen LogP contribution in [0.1, 0.15) is 44.2 Å². The van der Waals surface area contributed by atoms with Gasteiger partial charge in [-0.15, -0.1) is 0 Å². The molecule has 0 spiro atoms. The summed E-state index contributed by atoms with van der Waals surface area (Å²) >= 11 is 0. The Bertz CT molecular complexity index is 542. The van der Waals surface area contributed by atoms with Gasteiger partial charge in [-0.3, -0.25) is 9.59 Å². The van der Waals surface area contributed by atoms with Crippen molar-refractivity contribution < 1.29 is 14.3 Å². The number of hydrogen-bond acceptors (Lipinski definition) is 4. The van der Waals surface area contributed by atoms with E-state index < -0.39 is 0 Å². The third-order valence-corrected chi connectivity index (χ3v) is 4.45. The Morgan fingerprint density at radius 1 is 1.28 bits per heavy atom. The maximum absolute atomic E-state index is 12.6. The summed E-state index contributed by atoms with van der Waals surface area (Å²) in [6, 6.07) is 9.34. The van der Waals surface area contributed by atoms with Gasteiger partial charge in [0.1, 0.15) is 0 Å². The van der Waals surface area contributed by atoms with Crippen LogP contribution >= 0.6 is 0 Å². The molecule has 0 saturated carbocycles. The average Bonchev–Trinajstić information content (AvgIpc) is 2.62. The van der Waals surface area contributed by atoms with Gasteiger partial charge in [0, 0.05) is 26.6 Å². The van der Waals surface area contributed by atoms with E-state index in [1.807, 2.05) is 35.2 Å². The predicted molar refractivity (Wildman–Crippen MR) is 96.8 cm³/mol. The molecule has 1 atom stereocenters. The lowest BCUT2D eigenvalue weighted by molar-refractivity contribution is -0.134. The van der Waals surface area contributed by atoms with Crippen LogP contribution in [0.15, 0.2) is 30.3 Å². The molecule has 25 heavy (non-hydrogen) atoms. The van der Waals surface area contributed by atoms with Crippen molar-refractivity contribution in [3.63, 3.8) is 0 Å². The third-order valence-electron chi connectivity index (χ3n) is 4.45. The fourth-order valence-electron chi connectivity index (χ4n) is 3.09. The van der Waals surface area contributed by atoms with Gasteiger partial charge in [-0.25, -0.2) is 0 Å². The van der Waals surface area contributed by atoms with Crippen LogP contribution in [-0.4, -0.2) is 49.1 Å². The molecule has 1 aromatic carbocycles. The van der Waals surface area contributed by atoms with Gasteiger partial charge in [0.2, 0.25) is 11.8 Å². The molecule has 6 nitrogen and oxygen atoms in total. The summed E-state index contributed by atoms with van der Waals surface area (Å²) in [5.41, 5.74) is 6.42. The number of nitrogens with two attached hydrogens (primary N) is 1. The zero-order chi connectivity index (χ0) is 18.1. The number of carbonyl (C=O) groups is 2. The van der Waals surface area contributed by atoms with Crippen LogP contribution < -0.4 is 11.1 Å². The molecule has 0 radical (unpaired) electrons. The van der Waals surface area contributed by atoms with E-state index >= 15 is 0 Å². The average molecular weight is 347 g/mol. The van der Waals surface area contributed by atoms with Gasteiger partial charge < -0.3 is 20.7 Å². The number of carbonyl (C=O) groups excluding carboxylic acids is 2. The maximum Gasteiger partial charge on any atom is 0.224 e. The van der Waals surface area contributed by atoms with Gasteiger partial charge in [-0.2, -0.15) is 0 Å². The molecule has 3 N–H and O–H groups in total. The fraction of sp³-hybridized carbons (Fsp3) is 0.579. The van der Waals surface area contributed by atoms with Gasteiger partial charge in [-0.05, 0) is 31.4 Å². The lowest BCUT2D eigenvalue weighted by Crippen LogP contribution is -2.42. The van der Waals surface area contributed by atoms with Crippen molar-refractivity contribution >= 4 is 11.8 Å². The molecule has 0 aliphatic carbocycles. The standard InChI is InChI=1S/C19H29N3O3/c1-15(23)21-18(16-6-3-2-4-7-16)14-19(24)22-11-8-17(9-12-22)25-13-5-10-20/h2-4,6-7,17-18H,5,8-14,20H2,1H3,(H,21,23). The summed E-state index contributed by atoms with van der Waals surface area (Å²) in [7, 11) is 0. The Kier molecular flexibility index (Phi) is 7.88. The lowest BCUT2D eigenvalue weighted by Gasteiger charge is -2.33. The molecule has 0 bridgehead atoms. The highest BCUT2D eigenvalue weighted by atomic mass is 16.5. The highest BCUT2D eigenvalue weighted by Crippen LogP contribution is 2.20. The van der Waals surface area contributed by atoms with Crippen LogP contribution in [-0.2, 0) is 14.3 Å². The zero-order valence-electron chi connectivity index (χ0n) is 14.9. The summed E-state index contributed by atoms with van der Waals surface area (Å²) in [4.78, 5) is 26.0. The maximum atomic E-state index is 12.6. The zero-order valence-corrected chi connectivity index (χ0v) is 14.9. The van der Waals surface area contributed by atoms with Gasteiger partial charge >= 0.3 is 0 Å². The third kappa shape index (κ3) is 6.48. The summed E-state index contributed by atoms with van der Waals surface area (Å²) < 4.78 is 5.78. The number of ether oxygens (including phenoxy) is 1. The van der Waals surface area contributed by atoms with Gasteiger partial charge in [0.25, 0.3) is 0 Å². The monoisotopic (exact) mass is 347 g/mol. The fourth-order valence-corrected chi connectivity index (χ4v) is 3.09. The molecular weight excluding hydrogens is 318 g/mol. The van der Waals surface area contributed by atoms with Gasteiger partial charge in [0.05, 0.1) is 18.6 Å². The molecule has 6 heteroatoms. The molecule has 2 rings (SSSR count). The second-order valence-corrected chi connectivity index (χ2v) is 6.46. The van der Waals surface area contributed by atoms with E-state index in [9.17, 15) is 9.59 Å². The van der Waals surface area contributed by atoms with Crippen molar-refractivity contribution in [2.45, 2.75) is 44.8 Å². The topological polar surface area (TPSA) is 84.7 Å². The minimum atomic E-state index is -0.287.